The number of likely N-dealkylation sites (tertiary alicyclic amines) is 1. The number of carbonyl (C=O) groups is 4. The van der Waals surface area contributed by atoms with E-state index in [2.05, 4.69) is 5.32 Å². The Labute approximate surface area is 266 Å². The minimum Gasteiger partial charge on any atom is -0.481 e. The van der Waals surface area contributed by atoms with E-state index < -0.39 is 53.7 Å². The Hall–Kier alpha value is -3.80. The number of para-hydroxylation sites is 1. The van der Waals surface area contributed by atoms with Crippen molar-refractivity contribution < 1.29 is 33.4 Å². The standard InChI is InChI=1S/C33H38ClFN4O6/c1-20(40)38(3)33(39-14-6-7-15-39,45-23-12-10-21(11-13-23)32(43)44)30(41)17-22-16-26(34)28(18-27(22)35)36-31(42)25-19-37(2)29-9-5-4-8-24(25)29/h4-5,8-9,16,18-19,21,23H,6-7,10-15,17H2,1-3H3,(H,36,42)(H,43,44)/t21-,23-,33?. The number of carboxylic acids is 1. The molecular formula is C33H38ClFN4O6. The molecule has 5 rings (SSSR count). The van der Waals surface area contributed by atoms with Gasteiger partial charge in [0.15, 0.2) is 0 Å². The fourth-order valence-electron chi connectivity index (χ4n) is 6.51. The van der Waals surface area contributed by atoms with Gasteiger partial charge in [0.25, 0.3) is 11.8 Å². The quantitative estimate of drug-likeness (QED) is 0.291. The third-order valence-corrected chi connectivity index (χ3v) is 9.37. The van der Waals surface area contributed by atoms with Crippen LogP contribution in [0, 0.1) is 11.7 Å². The number of aryl methyl sites for hydroxylation is 1. The lowest BCUT2D eigenvalue weighted by Crippen LogP contribution is -2.68. The first-order valence-corrected chi connectivity index (χ1v) is 15.6. The van der Waals surface area contributed by atoms with Crippen LogP contribution in [0.25, 0.3) is 10.9 Å². The number of rotatable bonds is 10. The van der Waals surface area contributed by atoms with Crippen LogP contribution >= 0.6 is 11.6 Å². The molecule has 3 aromatic rings. The highest BCUT2D eigenvalue weighted by atomic mass is 35.5. The van der Waals surface area contributed by atoms with E-state index in [1.165, 1.54) is 24.9 Å². The number of aromatic nitrogens is 1. The molecule has 1 saturated heterocycles. The number of carbonyl (C=O) groups excluding carboxylic acids is 3. The van der Waals surface area contributed by atoms with Crippen molar-refractivity contribution >= 4 is 51.8 Å². The molecule has 0 bridgehead atoms. The number of ketones is 1. The monoisotopic (exact) mass is 640 g/mol. The van der Waals surface area contributed by atoms with Gasteiger partial charge in [0.05, 0.1) is 28.3 Å². The van der Waals surface area contributed by atoms with Gasteiger partial charge in [0.2, 0.25) is 11.7 Å². The third kappa shape index (κ3) is 6.47. The summed E-state index contributed by atoms with van der Waals surface area (Å²) in [5.41, 5.74) is 1.32. The average Bonchev–Trinajstić information content (AvgIpc) is 3.67. The van der Waals surface area contributed by atoms with E-state index in [1.54, 1.807) is 6.20 Å². The molecule has 1 saturated carbocycles. The van der Waals surface area contributed by atoms with Gasteiger partial charge < -0.3 is 19.7 Å². The number of ether oxygens (including phenoxy) is 1. The van der Waals surface area contributed by atoms with Crippen LogP contribution in [0.1, 0.15) is 61.4 Å². The van der Waals surface area contributed by atoms with Gasteiger partial charge in [0.1, 0.15) is 5.82 Å². The maximum absolute atomic E-state index is 15.6. The maximum Gasteiger partial charge on any atom is 0.306 e. The normalized spacial score (nSPS) is 20.1. The second kappa shape index (κ2) is 13.3. The number of nitrogens with one attached hydrogen (secondary N) is 1. The zero-order valence-corrected chi connectivity index (χ0v) is 26.4. The summed E-state index contributed by atoms with van der Waals surface area (Å²) in [6.45, 7) is 2.33. The Kier molecular flexibility index (Phi) is 9.62. The predicted octanol–water partition coefficient (Wildman–Crippen LogP) is 5.22. The highest BCUT2D eigenvalue weighted by molar-refractivity contribution is 6.34. The largest absolute Gasteiger partial charge is 0.481 e. The van der Waals surface area contributed by atoms with Crippen LogP contribution in [-0.4, -0.2) is 75.1 Å². The number of carboxylic acid groups (broad SMARTS) is 1. The van der Waals surface area contributed by atoms with Crippen molar-refractivity contribution in [3.63, 3.8) is 0 Å². The summed E-state index contributed by atoms with van der Waals surface area (Å²) in [5, 5.41) is 12.9. The van der Waals surface area contributed by atoms with Gasteiger partial charge in [-0.15, -0.1) is 0 Å². The van der Waals surface area contributed by atoms with Gasteiger partial charge in [-0.2, -0.15) is 0 Å². The number of hydrogen-bond donors (Lipinski definition) is 2. The fraction of sp³-hybridized carbons (Fsp3) is 0.455. The second-order valence-corrected chi connectivity index (χ2v) is 12.4. The van der Waals surface area contributed by atoms with Gasteiger partial charge in [-0.05, 0) is 62.3 Å². The van der Waals surface area contributed by atoms with Gasteiger partial charge in [0, 0.05) is 57.6 Å². The number of benzene rings is 2. The van der Waals surface area contributed by atoms with Crippen molar-refractivity contribution in [3.05, 3.63) is 64.6 Å². The Balaban J connectivity index is 1.41. The van der Waals surface area contributed by atoms with Crippen molar-refractivity contribution in [2.75, 3.05) is 25.5 Å². The van der Waals surface area contributed by atoms with Gasteiger partial charge in [-0.25, -0.2) is 4.39 Å². The molecule has 0 radical (unpaired) electrons. The third-order valence-electron chi connectivity index (χ3n) is 9.06. The van der Waals surface area contributed by atoms with E-state index in [0.29, 0.717) is 44.3 Å². The van der Waals surface area contributed by atoms with Crippen molar-refractivity contribution in [1.82, 2.24) is 14.4 Å². The van der Waals surface area contributed by atoms with E-state index in [1.807, 2.05) is 40.8 Å². The first-order valence-electron chi connectivity index (χ1n) is 15.2. The number of anilines is 1. The first kappa shape index (κ1) is 32.6. The molecule has 45 heavy (non-hydrogen) atoms. The Morgan fingerprint density at radius 3 is 2.42 bits per heavy atom. The molecule has 0 spiro atoms. The minimum absolute atomic E-state index is 0.00753. The summed E-state index contributed by atoms with van der Waals surface area (Å²) in [4.78, 5) is 54.9. The summed E-state index contributed by atoms with van der Waals surface area (Å²) in [6.07, 6.45) is 3.99. The van der Waals surface area contributed by atoms with Crippen molar-refractivity contribution in [3.8, 4) is 0 Å². The number of likely N-dealkylation sites (N-methyl/N-ethyl adjacent to an activating group) is 1. The van der Waals surface area contributed by atoms with Crippen molar-refractivity contribution in [2.45, 2.75) is 63.8 Å². The molecule has 10 nitrogen and oxygen atoms in total. The van der Waals surface area contributed by atoms with E-state index in [0.717, 1.165) is 29.8 Å². The second-order valence-electron chi connectivity index (χ2n) is 12.0. The van der Waals surface area contributed by atoms with Crippen LogP contribution in [0.2, 0.25) is 5.02 Å². The van der Waals surface area contributed by atoms with E-state index in [4.69, 9.17) is 16.3 Å². The number of hydrogen-bond acceptors (Lipinski definition) is 6. The molecule has 2 aromatic carbocycles. The first-order chi connectivity index (χ1) is 21.4. The highest BCUT2D eigenvalue weighted by Gasteiger charge is 2.52. The number of aliphatic carboxylic acids is 1. The van der Waals surface area contributed by atoms with Crippen LogP contribution in [0.3, 0.4) is 0 Å². The predicted molar refractivity (Wildman–Crippen MR) is 167 cm³/mol. The molecule has 1 atom stereocenters. The molecule has 12 heteroatoms. The summed E-state index contributed by atoms with van der Waals surface area (Å²) in [6, 6.07) is 9.82. The maximum atomic E-state index is 15.6. The lowest BCUT2D eigenvalue weighted by atomic mass is 9.87. The Morgan fingerprint density at radius 2 is 1.78 bits per heavy atom. The van der Waals surface area contributed by atoms with Crippen molar-refractivity contribution in [1.29, 1.82) is 0 Å². The molecule has 1 unspecified atom stereocenters. The molecule has 2 fully saturated rings. The van der Waals surface area contributed by atoms with Crippen molar-refractivity contribution in [2.24, 2.45) is 13.0 Å². The van der Waals surface area contributed by atoms with E-state index in [-0.39, 0.29) is 16.3 Å². The average molecular weight is 641 g/mol. The van der Waals surface area contributed by atoms with Gasteiger partial charge >= 0.3 is 5.97 Å². The lowest BCUT2D eigenvalue weighted by molar-refractivity contribution is -0.247. The molecule has 240 valence electrons. The minimum atomic E-state index is -1.80. The molecule has 2 aliphatic rings. The molecule has 1 aromatic heterocycles. The molecule has 2 N–H and O–H groups in total. The fourth-order valence-corrected chi connectivity index (χ4v) is 6.74. The molecule has 1 aliphatic carbocycles. The van der Waals surface area contributed by atoms with Crippen LogP contribution < -0.4 is 5.32 Å². The molecule has 2 amide bonds. The van der Waals surface area contributed by atoms with E-state index in [9.17, 15) is 24.3 Å². The highest BCUT2D eigenvalue weighted by Crippen LogP contribution is 2.36. The van der Waals surface area contributed by atoms with Gasteiger partial charge in [-0.1, -0.05) is 29.8 Å². The topological polar surface area (TPSA) is 121 Å². The van der Waals surface area contributed by atoms with Crippen LogP contribution in [0.15, 0.2) is 42.6 Å². The molecular weight excluding hydrogens is 603 g/mol. The zero-order valence-electron chi connectivity index (χ0n) is 25.6. The smallest absolute Gasteiger partial charge is 0.306 e. The zero-order chi connectivity index (χ0) is 32.5. The SMILES string of the molecule is CC(=O)N(C)C(O[C@H]1CC[C@H](C(=O)O)CC1)(C(=O)Cc1cc(Cl)c(NC(=O)c2cn(C)c3ccccc23)cc1F)N1CCCC1. The van der Waals surface area contributed by atoms with Gasteiger partial charge in [-0.3, -0.25) is 29.0 Å². The number of halogens is 2. The summed E-state index contributed by atoms with van der Waals surface area (Å²) < 4.78 is 24.0. The molecule has 2 heterocycles. The number of amides is 2. The van der Waals surface area contributed by atoms with E-state index >= 15 is 4.39 Å². The summed E-state index contributed by atoms with van der Waals surface area (Å²) >= 11 is 6.54. The molecule has 1 aliphatic heterocycles. The number of nitrogens with zero attached hydrogens (tertiary/aromatic N) is 3. The number of fused-ring (bicyclic) bond motifs is 1. The summed E-state index contributed by atoms with van der Waals surface area (Å²) in [5.74, 6) is -5.29. The Morgan fingerprint density at radius 1 is 1.11 bits per heavy atom. The van der Waals surface area contributed by atoms with Crippen LogP contribution in [0.5, 0.6) is 0 Å². The Bertz CT molecular complexity index is 1630. The summed E-state index contributed by atoms with van der Waals surface area (Å²) in [7, 11) is 3.32. The number of Topliss-reactive ketones (excluding diaryl/α,β-unsaturated/α-hetero) is 1. The van der Waals surface area contributed by atoms with Crippen LogP contribution in [-0.2, 0) is 32.6 Å². The van der Waals surface area contributed by atoms with Crippen LogP contribution in [0.4, 0.5) is 10.1 Å². The lowest BCUT2D eigenvalue weighted by Gasteiger charge is -2.48.